The quantitative estimate of drug-likeness (QED) is 0.258. The van der Waals surface area contributed by atoms with Crippen LogP contribution in [0.3, 0.4) is 0 Å². The summed E-state index contributed by atoms with van der Waals surface area (Å²) in [7, 11) is 2.97. The Hall–Kier alpha value is -4.47. The van der Waals surface area contributed by atoms with E-state index in [9.17, 15) is 14.4 Å². The lowest BCUT2D eigenvalue weighted by molar-refractivity contribution is 0.0523. The molecule has 0 aliphatic carbocycles. The Morgan fingerprint density at radius 1 is 1.03 bits per heavy atom. The molecule has 3 aromatic heterocycles. The third kappa shape index (κ3) is 4.89. The van der Waals surface area contributed by atoms with Crippen LogP contribution in [-0.2, 0) is 11.3 Å². The molecular formula is C28H30N4O6. The van der Waals surface area contributed by atoms with Gasteiger partial charge in [0.25, 0.3) is 11.5 Å². The van der Waals surface area contributed by atoms with Gasteiger partial charge in [-0.15, -0.1) is 0 Å². The molecule has 10 nitrogen and oxygen atoms in total. The Kier molecular flexibility index (Phi) is 7.90. The van der Waals surface area contributed by atoms with Crippen LogP contribution in [0.1, 0.15) is 53.0 Å². The molecule has 0 N–H and O–H groups in total. The number of esters is 1. The van der Waals surface area contributed by atoms with Crippen LogP contribution >= 0.6 is 0 Å². The van der Waals surface area contributed by atoms with E-state index in [1.54, 1.807) is 35.9 Å². The van der Waals surface area contributed by atoms with Gasteiger partial charge in [0.2, 0.25) is 0 Å². The highest BCUT2D eigenvalue weighted by Gasteiger charge is 2.21. The smallest absolute Gasteiger partial charge is 0.341 e. The summed E-state index contributed by atoms with van der Waals surface area (Å²) in [4.78, 5) is 49.2. The molecule has 0 aliphatic rings. The average Bonchev–Trinajstić information content (AvgIpc) is 2.92. The molecule has 4 aromatic rings. The lowest BCUT2D eigenvalue weighted by Crippen LogP contribution is -2.33. The molecule has 1 amide bonds. The summed E-state index contributed by atoms with van der Waals surface area (Å²) in [5, 5.41) is 0.227. The number of rotatable bonds is 8. The predicted octanol–water partition coefficient (Wildman–Crippen LogP) is 3.69. The van der Waals surface area contributed by atoms with Crippen LogP contribution in [0, 0.1) is 6.92 Å². The molecule has 0 spiro atoms. The maximum Gasteiger partial charge on any atom is 0.341 e. The summed E-state index contributed by atoms with van der Waals surface area (Å²) in [6.45, 7) is 6.06. The number of hydrogen-bond donors (Lipinski definition) is 0. The van der Waals surface area contributed by atoms with Gasteiger partial charge in [-0.1, -0.05) is 19.4 Å². The number of ether oxygens (including phenoxy) is 3. The molecule has 0 atom stereocenters. The highest BCUT2D eigenvalue weighted by molar-refractivity contribution is 5.97. The van der Waals surface area contributed by atoms with Crippen molar-refractivity contribution in [3.05, 3.63) is 75.1 Å². The van der Waals surface area contributed by atoms with Crippen LogP contribution in [0.15, 0.2) is 52.4 Å². The second kappa shape index (κ2) is 11.3. The standard InChI is InChI=1S/C28H30N4O6/c1-6-8-13-31-24-19(27(34)32-14-9-10-17(3)23(32)29-24)16-20(28(35)38-7-2)25(31)30-26(33)18-11-12-21(36-4)22(15-18)37-5/h9-12,14-16H,6-8,13H2,1-5H3. The molecule has 0 fully saturated rings. The third-order valence-corrected chi connectivity index (χ3v) is 6.17. The largest absolute Gasteiger partial charge is 0.493 e. The third-order valence-electron chi connectivity index (χ3n) is 6.17. The van der Waals surface area contributed by atoms with Crippen LogP contribution in [0.5, 0.6) is 11.5 Å². The van der Waals surface area contributed by atoms with Crippen LogP contribution in [0.25, 0.3) is 16.7 Å². The number of hydrogen-bond acceptors (Lipinski definition) is 7. The summed E-state index contributed by atoms with van der Waals surface area (Å²) in [5.74, 6) is -0.456. The fraction of sp³-hybridized carbons (Fsp3) is 0.321. The van der Waals surface area contributed by atoms with Gasteiger partial charge in [0.15, 0.2) is 17.0 Å². The van der Waals surface area contributed by atoms with Gasteiger partial charge in [-0.2, -0.15) is 4.99 Å². The maximum absolute atomic E-state index is 13.5. The first kappa shape index (κ1) is 26.6. The monoisotopic (exact) mass is 518 g/mol. The number of amides is 1. The molecule has 0 saturated heterocycles. The Morgan fingerprint density at radius 2 is 1.79 bits per heavy atom. The number of aryl methyl sites for hydroxylation is 2. The minimum atomic E-state index is -0.688. The van der Waals surface area contributed by atoms with E-state index in [0.29, 0.717) is 35.8 Å². The highest BCUT2D eigenvalue weighted by Crippen LogP contribution is 2.27. The van der Waals surface area contributed by atoms with Crippen LogP contribution < -0.4 is 20.5 Å². The minimum Gasteiger partial charge on any atom is -0.493 e. The van der Waals surface area contributed by atoms with Gasteiger partial charge in [0, 0.05) is 18.3 Å². The molecule has 0 aliphatic heterocycles. The first-order chi connectivity index (χ1) is 18.3. The van der Waals surface area contributed by atoms with Crippen molar-refractivity contribution in [3.8, 4) is 11.5 Å². The predicted molar refractivity (Wildman–Crippen MR) is 142 cm³/mol. The van der Waals surface area contributed by atoms with E-state index in [1.807, 2.05) is 19.9 Å². The summed E-state index contributed by atoms with van der Waals surface area (Å²) in [6, 6.07) is 9.74. The van der Waals surface area contributed by atoms with Gasteiger partial charge < -0.3 is 18.8 Å². The number of methoxy groups -OCH3 is 2. The molecule has 0 bridgehead atoms. The lowest BCUT2D eigenvalue weighted by atomic mass is 10.1. The fourth-order valence-electron chi connectivity index (χ4n) is 4.22. The molecule has 0 radical (unpaired) electrons. The number of carbonyl (C=O) groups is 2. The van der Waals surface area contributed by atoms with Crippen molar-refractivity contribution in [1.82, 2.24) is 14.0 Å². The van der Waals surface area contributed by atoms with Crippen molar-refractivity contribution in [2.75, 3.05) is 20.8 Å². The molecule has 4 rings (SSSR count). The highest BCUT2D eigenvalue weighted by atomic mass is 16.5. The van der Waals surface area contributed by atoms with Gasteiger partial charge in [0.1, 0.15) is 16.9 Å². The number of carbonyl (C=O) groups excluding carboxylic acids is 2. The second-order valence-electron chi connectivity index (χ2n) is 8.63. The van der Waals surface area contributed by atoms with E-state index in [4.69, 9.17) is 19.2 Å². The normalized spacial score (nSPS) is 11.7. The zero-order valence-corrected chi connectivity index (χ0v) is 22.1. The lowest BCUT2D eigenvalue weighted by Gasteiger charge is -2.15. The summed E-state index contributed by atoms with van der Waals surface area (Å²) < 4.78 is 19.0. The number of unbranched alkanes of at least 4 members (excludes halogenated alkanes) is 1. The van der Waals surface area contributed by atoms with E-state index < -0.39 is 11.9 Å². The van der Waals surface area contributed by atoms with E-state index in [-0.39, 0.29) is 34.2 Å². The molecule has 3 heterocycles. The van der Waals surface area contributed by atoms with Gasteiger partial charge in [0.05, 0.1) is 26.2 Å². The molecule has 0 unspecified atom stereocenters. The summed E-state index contributed by atoms with van der Waals surface area (Å²) >= 11 is 0. The Bertz CT molecular complexity index is 1670. The van der Waals surface area contributed by atoms with Gasteiger partial charge >= 0.3 is 5.97 Å². The first-order valence-corrected chi connectivity index (χ1v) is 12.4. The van der Waals surface area contributed by atoms with Crippen LogP contribution in [-0.4, -0.2) is 46.7 Å². The van der Waals surface area contributed by atoms with Crippen molar-refractivity contribution in [2.24, 2.45) is 4.99 Å². The zero-order chi connectivity index (χ0) is 27.4. The maximum atomic E-state index is 13.5. The van der Waals surface area contributed by atoms with Gasteiger partial charge in [-0.25, -0.2) is 9.78 Å². The fourth-order valence-corrected chi connectivity index (χ4v) is 4.22. The average molecular weight is 519 g/mol. The number of pyridine rings is 2. The Labute approximate surface area is 219 Å². The minimum absolute atomic E-state index is 0.00998. The van der Waals surface area contributed by atoms with E-state index in [0.717, 1.165) is 12.0 Å². The topological polar surface area (TPSA) is 113 Å². The van der Waals surface area contributed by atoms with Crippen LogP contribution in [0.4, 0.5) is 0 Å². The van der Waals surface area contributed by atoms with Gasteiger partial charge in [-0.3, -0.25) is 14.0 Å². The second-order valence-corrected chi connectivity index (χ2v) is 8.63. The van der Waals surface area contributed by atoms with E-state index >= 15 is 0 Å². The molecule has 198 valence electrons. The molecule has 0 saturated carbocycles. The van der Waals surface area contributed by atoms with E-state index in [1.165, 1.54) is 30.8 Å². The zero-order valence-electron chi connectivity index (χ0n) is 22.1. The van der Waals surface area contributed by atoms with Gasteiger partial charge in [-0.05, 0) is 56.2 Å². The Balaban J connectivity index is 2.09. The SMILES string of the molecule is CCCCn1c(=NC(=O)c2ccc(OC)c(OC)c2)c(C(=O)OCC)cc2c(=O)n3cccc(C)c3nc21. The van der Waals surface area contributed by atoms with Crippen molar-refractivity contribution in [1.29, 1.82) is 0 Å². The van der Waals surface area contributed by atoms with Crippen molar-refractivity contribution < 1.29 is 23.8 Å². The van der Waals surface area contributed by atoms with Crippen LogP contribution in [0.2, 0.25) is 0 Å². The number of aromatic nitrogens is 3. The first-order valence-electron chi connectivity index (χ1n) is 12.4. The number of fused-ring (bicyclic) bond motifs is 2. The molecular weight excluding hydrogens is 488 g/mol. The molecule has 1 aromatic carbocycles. The van der Waals surface area contributed by atoms with Crippen molar-refractivity contribution in [3.63, 3.8) is 0 Å². The summed E-state index contributed by atoms with van der Waals surface area (Å²) in [6.07, 6.45) is 3.16. The van der Waals surface area contributed by atoms with Crippen molar-refractivity contribution in [2.45, 2.75) is 40.2 Å². The van der Waals surface area contributed by atoms with Crippen molar-refractivity contribution >= 4 is 28.6 Å². The summed E-state index contributed by atoms with van der Waals surface area (Å²) in [5.41, 5.74) is 1.62. The number of nitrogens with zero attached hydrogens (tertiary/aromatic N) is 4. The van der Waals surface area contributed by atoms with E-state index in [2.05, 4.69) is 4.99 Å². The Morgan fingerprint density at radius 3 is 2.47 bits per heavy atom. The molecule has 10 heteroatoms. The molecule has 38 heavy (non-hydrogen) atoms. The number of benzene rings is 1.